The summed E-state index contributed by atoms with van der Waals surface area (Å²) in [6.07, 6.45) is 7.70. The summed E-state index contributed by atoms with van der Waals surface area (Å²) in [6, 6.07) is 8.89. The molecule has 2 unspecified atom stereocenters. The molecule has 3 atom stereocenters. The van der Waals surface area contributed by atoms with Gasteiger partial charge in [0.05, 0.1) is 12.7 Å². The Morgan fingerprint density at radius 3 is 2.32 bits per heavy atom. The van der Waals surface area contributed by atoms with E-state index in [9.17, 15) is 0 Å². The molecule has 3 rings (SSSR count). The van der Waals surface area contributed by atoms with Gasteiger partial charge in [0.15, 0.2) is 0 Å². The van der Waals surface area contributed by atoms with Crippen LogP contribution in [-0.2, 0) is 16.8 Å². The fourth-order valence-corrected chi connectivity index (χ4v) is 3.23. The van der Waals surface area contributed by atoms with Crippen molar-refractivity contribution in [1.82, 2.24) is 0 Å². The second-order valence-corrected chi connectivity index (χ2v) is 7.08. The summed E-state index contributed by atoms with van der Waals surface area (Å²) in [5.41, 5.74) is 2.91. The fourth-order valence-electron chi connectivity index (χ4n) is 3.23. The van der Waals surface area contributed by atoms with Crippen LogP contribution in [0.15, 0.2) is 36.4 Å². The Kier molecular flexibility index (Phi) is 3.26. The monoisotopic (exact) mass is 256 g/mol. The molecule has 1 aromatic carbocycles. The van der Waals surface area contributed by atoms with Gasteiger partial charge in [-0.1, -0.05) is 57.2 Å². The molecule has 1 saturated carbocycles. The van der Waals surface area contributed by atoms with Crippen molar-refractivity contribution in [3.8, 4) is 0 Å². The number of hydrogen-bond acceptors (Lipinski definition) is 1. The van der Waals surface area contributed by atoms with Crippen LogP contribution in [-0.4, -0.2) is 6.10 Å². The molecule has 0 amide bonds. The van der Waals surface area contributed by atoms with Crippen molar-refractivity contribution in [3.63, 3.8) is 0 Å². The first-order chi connectivity index (χ1) is 9.02. The highest BCUT2D eigenvalue weighted by Gasteiger charge is 2.36. The Morgan fingerprint density at radius 2 is 1.79 bits per heavy atom. The molecule has 102 valence electrons. The quantitative estimate of drug-likeness (QED) is 0.725. The van der Waals surface area contributed by atoms with Crippen LogP contribution < -0.4 is 0 Å². The molecule has 19 heavy (non-hydrogen) atoms. The summed E-state index contributed by atoms with van der Waals surface area (Å²) in [5, 5.41) is 0. The van der Waals surface area contributed by atoms with Gasteiger partial charge in [0.2, 0.25) is 0 Å². The Hall–Kier alpha value is -1.08. The van der Waals surface area contributed by atoms with Crippen LogP contribution in [0.3, 0.4) is 0 Å². The predicted octanol–water partition coefficient (Wildman–Crippen LogP) is 4.47. The van der Waals surface area contributed by atoms with Crippen molar-refractivity contribution in [3.05, 3.63) is 47.5 Å². The summed E-state index contributed by atoms with van der Waals surface area (Å²) in [4.78, 5) is 0. The maximum atomic E-state index is 6.10. The van der Waals surface area contributed by atoms with Crippen LogP contribution in [0.5, 0.6) is 0 Å². The zero-order chi connectivity index (χ0) is 13.5. The second kappa shape index (κ2) is 4.79. The Bertz CT molecular complexity index is 463. The minimum atomic E-state index is 0.231. The smallest absolute Gasteiger partial charge is 0.0720 e. The van der Waals surface area contributed by atoms with E-state index in [0.717, 1.165) is 12.5 Å². The average molecular weight is 256 g/mol. The summed E-state index contributed by atoms with van der Waals surface area (Å²) >= 11 is 0. The molecule has 2 bridgehead atoms. The van der Waals surface area contributed by atoms with E-state index in [1.165, 1.54) is 24.0 Å². The van der Waals surface area contributed by atoms with Gasteiger partial charge in [-0.15, -0.1) is 0 Å². The van der Waals surface area contributed by atoms with Crippen molar-refractivity contribution in [2.45, 2.75) is 51.7 Å². The highest BCUT2D eigenvalue weighted by molar-refractivity contribution is 5.27. The number of benzene rings is 1. The van der Waals surface area contributed by atoms with E-state index < -0.39 is 0 Å². The minimum Gasteiger partial charge on any atom is -0.373 e. The second-order valence-electron chi connectivity index (χ2n) is 7.08. The van der Waals surface area contributed by atoms with Gasteiger partial charge in [-0.3, -0.25) is 0 Å². The number of ether oxygens (including phenoxy) is 1. The third-order valence-electron chi connectivity index (χ3n) is 4.50. The van der Waals surface area contributed by atoms with Gasteiger partial charge in [-0.25, -0.2) is 0 Å². The summed E-state index contributed by atoms with van der Waals surface area (Å²) < 4.78 is 6.10. The molecule has 0 saturated heterocycles. The number of fused-ring (bicyclic) bond motifs is 2. The lowest BCUT2D eigenvalue weighted by atomic mass is 9.87. The Balaban J connectivity index is 1.57. The van der Waals surface area contributed by atoms with E-state index >= 15 is 0 Å². The molecular formula is C18H24O. The van der Waals surface area contributed by atoms with Gasteiger partial charge >= 0.3 is 0 Å². The number of allylic oxidation sites excluding steroid dienone is 1. The molecule has 0 heterocycles. The number of hydrogen-bond donors (Lipinski definition) is 0. The predicted molar refractivity (Wildman–Crippen MR) is 79.1 cm³/mol. The van der Waals surface area contributed by atoms with E-state index in [2.05, 4.69) is 57.2 Å². The van der Waals surface area contributed by atoms with Crippen LogP contribution >= 0.6 is 0 Å². The average Bonchev–Trinajstić information content (AvgIpc) is 2.98. The molecule has 0 radical (unpaired) electrons. The molecule has 1 nitrogen and oxygen atoms in total. The minimum absolute atomic E-state index is 0.231. The molecule has 2 aliphatic rings. The van der Waals surface area contributed by atoms with Crippen LogP contribution in [0, 0.1) is 11.8 Å². The van der Waals surface area contributed by atoms with E-state index in [-0.39, 0.29) is 5.41 Å². The molecule has 1 fully saturated rings. The normalized spacial score (nSPS) is 29.1. The molecule has 2 aliphatic carbocycles. The van der Waals surface area contributed by atoms with Crippen LogP contribution in [0.1, 0.15) is 44.7 Å². The van der Waals surface area contributed by atoms with Crippen molar-refractivity contribution in [2.75, 3.05) is 0 Å². The van der Waals surface area contributed by atoms with Crippen molar-refractivity contribution < 1.29 is 4.74 Å². The van der Waals surface area contributed by atoms with Gasteiger partial charge in [0.1, 0.15) is 0 Å². The van der Waals surface area contributed by atoms with Gasteiger partial charge in [-0.2, -0.15) is 0 Å². The lowest BCUT2D eigenvalue weighted by molar-refractivity contribution is 0.0245. The molecular weight excluding hydrogens is 232 g/mol. The maximum Gasteiger partial charge on any atom is 0.0720 e. The van der Waals surface area contributed by atoms with Crippen molar-refractivity contribution in [2.24, 2.45) is 11.8 Å². The molecule has 1 heteroatoms. The lowest BCUT2D eigenvalue weighted by Gasteiger charge is -2.21. The Labute approximate surface area is 116 Å². The third-order valence-corrected chi connectivity index (χ3v) is 4.50. The standard InChI is InChI=1S/C18H24O/c1-18(2,3)16-8-5-13(6-9-16)12-19-17-11-14-4-7-15(17)10-14/h4-9,14-15,17H,10-12H2,1-3H3/t14?,15?,17-/m1/s1. The number of rotatable bonds is 3. The summed E-state index contributed by atoms with van der Waals surface area (Å²) in [5.74, 6) is 1.47. The van der Waals surface area contributed by atoms with Crippen LogP contribution in [0.25, 0.3) is 0 Å². The van der Waals surface area contributed by atoms with Gasteiger partial charge < -0.3 is 4.74 Å². The highest BCUT2D eigenvalue weighted by atomic mass is 16.5. The van der Waals surface area contributed by atoms with E-state index in [4.69, 9.17) is 4.74 Å². The van der Waals surface area contributed by atoms with Crippen molar-refractivity contribution in [1.29, 1.82) is 0 Å². The molecule has 0 aliphatic heterocycles. The van der Waals surface area contributed by atoms with Crippen LogP contribution in [0.2, 0.25) is 0 Å². The third kappa shape index (κ3) is 2.76. The van der Waals surface area contributed by atoms with E-state index in [0.29, 0.717) is 12.0 Å². The fraction of sp³-hybridized carbons (Fsp3) is 0.556. The molecule has 0 spiro atoms. The van der Waals surface area contributed by atoms with Crippen molar-refractivity contribution >= 4 is 0 Å². The SMILES string of the molecule is CC(C)(C)c1ccc(CO[C@@H]2CC3C=CC2C3)cc1. The molecule has 0 aromatic heterocycles. The topological polar surface area (TPSA) is 9.23 Å². The largest absolute Gasteiger partial charge is 0.373 e. The van der Waals surface area contributed by atoms with Gasteiger partial charge in [0.25, 0.3) is 0 Å². The zero-order valence-corrected chi connectivity index (χ0v) is 12.2. The first kappa shape index (κ1) is 12.9. The van der Waals surface area contributed by atoms with Gasteiger partial charge in [-0.05, 0) is 35.3 Å². The Morgan fingerprint density at radius 1 is 1.05 bits per heavy atom. The van der Waals surface area contributed by atoms with Crippen LogP contribution in [0.4, 0.5) is 0 Å². The van der Waals surface area contributed by atoms with Gasteiger partial charge in [0, 0.05) is 5.92 Å². The zero-order valence-electron chi connectivity index (χ0n) is 12.2. The van der Waals surface area contributed by atoms with E-state index in [1.54, 1.807) is 0 Å². The first-order valence-corrected chi connectivity index (χ1v) is 7.42. The summed E-state index contributed by atoms with van der Waals surface area (Å²) in [7, 11) is 0. The molecule has 1 aromatic rings. The summed E-state index contributed by atoms with van der Waals surface area (Å²) in [6.45, 7) is 7.51. The molecule has 0 N–H and O–H groups in total. The van der Waals surface area contributed by atoms with E-state index in [1.807, 2.05) is 0 Å². The first-order valence-electron chi connectivity index (χ1n) is 7.42. The maximum absolute atomic E-state index is 6.10. The lowest BCUT2D eigenvalue weighted by Crippen LogP contribution is -2.18. The highest BCUT2D eigenvalue weighted by Crippen LogP contribution is 2.40.